The molecular formula is C24H25F2N5O2. The second kappa shape index (κ2) is 8.22. The zero-order valence-electron chi connectivity index (χ0n) is 18.4. The summed E-state index contributed by atoms with van der Waals surface area (Å²) in [5, 5.41) is 13.9. The van der Waals surface area contributed by atoms with Gasteiger partial charge in [-0.05, 0) is 43.0 Å². The van der Waals surface area contributed by atoms with Crippen molar-refractivity contribution in [2.45, 2.75) is 43.6 Å². The number of aromatic hydroxyl groups is 1. The number of nitrogens with zero attached hydrogens (tertiary/aromatic N) is 4. The van der Waals surface area contributed by atoms with Crippen molar-refractivity contribution in [3.8, 4) is 28.1 Å². The third-order valence-electron chi connectivity index (χ3n) is 6.83. The summed E-state index contributed by atoms with van der Waals surface area (Å²) in [5.74, 6) is -0.254. The van der Waals surface area contributed by atoms with Gasteiger partial charge in [0.1, 0.15) is 23.6 Å². The van der Waals surface area contributed by atoms with Gasteiger partial charge in [-0.15, -0.1) is 0 Å². The molecule has 4 heterocycles. The number of hydrogen-bond acceptors (Lipinski definition) is 6. The number of aromatic nitrogens is 3. The normalized spacial score (nSPS) is 24.1. The van der Waals surface area contributed by atoms with Gasteiger partial charge in [0.25, 0.3) is 5.56 Å². The van der Waals surface area contributed by atoms with E-state index in [1.54, 1.807) is 19.3 Å². The molecule has 9 heteroatoms. The van der Waals surface area contributed by atoms with Gasteiger partial charge in [0.15, 0.2) is 0 Å². The Labute approximate surface area is 189 Å². The number of pyridine rings is 1. The lowest BCUT2D eigenvalue weighted by atomic mass is 9.96. The van der Waals surface area contributed by atoms with Gasteiger partial charge in [0.05, 0.1) is 24.1 Å². The number of fused-ring (bicyclic) bond motifs is 2. The molecule has 2 aliphatic rings. The minimum atomic E-state index is -0.990. The summed E-state index contributed by atoms with van der Waals surface area (Å²) in [6.45, 7) is 0. The lowest BCUT2D eigenvalue weighted by Gasteiger charge is -2.38. The van der Waals surface area contributed by atoms with Crippen LogP contribution in [0.1, 0.15) is 19.3 Å². The van der Waals surface area contributed by atoms with Crippen LogP contribution in [0.4, 0.5) is 14.6 Å². The Balaban J connectivity index is 1.40. The van der Waals surface area contributed by atoms with E-state index in [1.165, 1.54) is 35.2 Å². The molecule has 7 nitrogen and oxygen atoms in total. The Morgan fingerprint density at radius 1 is 1.18 bits per heavy atom. The van der Waals surface area contributed by atoms with Crippen molar-refractivity contribution in [1.82, 2.24) is 19.9 Å². The van der Waals surface area contributed by atoms with Crippen LogP contribution in [0.5, 0.6) is 5.75 Å². The number of alkyl halides is 1. The molecule has 2 N–H and O–H groups in total. The summed E-state index contributed by atoms with van der Waals surface area (Å²) in [6.07, 6.45) is 6.04. The van der Waals surface area contributed by atoms with Crippen molar-refractivity contribution < 1.29 is 13.9 Å². The summed E-state index contributed by atoms with van der Waals surface area (Å²) >= 11 is 0. The second-order valence-corrected chi connectivity index (χ2v) is 8.88. The van der Waals surface area contributed by atoms with Crippen LogP contribution >= 0.6 is 0 Å². The zero-order chi connectivity index (χ0) is 23.3. The van der Waals surface area contributed by atoms with Crippen molar-refractivity contribution >= 4 is 5.82 Å². The second-order valence-electron chi connectivity index (χ2n) is 8.88. The monoisotopic (exact) mass is 453 g/mol. The summed E-state index contributed by atoms with van der Waals surface area (Å²) in [6, 6.07) is 5.29. The summed E-state index contributed by atoms with van der Waals surface area (Å²) < 4.78 is 31.2. The average Bonchev–Trinajstić information content (AvgIpc) is 3.22. The quantitative estimate of drug-likeness (QED) is 0.632. The van der Waals surface area contributed by atoms with Crippen LogP contribution in [0.15, 0.2) is 47.7 Å². The molecular weight excluding hydrogens is 428 g/mol. The predicted molar refractivity (Wildman–Crippen MR) is 121 cm³/mol. The van der Waals surface area contributed by atoms with E-state index in [2.05, 4.69) is 15.3 Å². The van der Waals surface area contributed by atoms with E-state index in [-0.39, 0.29) is 34.5 Å². The van der Waals surface area contributed by atoms with E-state index < -0.39 is 12.0 Å². The highest BCUT2D eigenvalue weighted by Gasteiger charge is 2.43. The summed E-state index contributed by atoms with van der Waals surface area (Å²) in [5.41, 5.74) is 0.689. The Morgan fingerprint density at radius 3 is 2.73 bits per heavy atom. The highest BCUT2D eigenvalue weighted by molar-refractivity contribution is 5.74. The van der Waals surface area contributed by atoms with Crippen molar-refractivity contribution in [3.05, 3.63) is 59.0 Å². The summed E-state index contributed by atoms with van der Waals surface area (Å²) in [7, 11) is 3.41. The fraction of sp³-hybridized carbons (Fsp3) is 0.375. The first-order valence-corrected chi connectivity index (χ1v) is 11.0. The first-order chi connectivity index (χ1) is 15.8. The number of phenolic OH excluding ortho intramolecular Hbond substituents is 1. The van der Waals surface area contributed by atoms with Gasteiger partial charge in [-0.25, -0.2) is 13.8 Å². The molecule has 0 saturated carbocycles. The Bertz CT molecular complexity index is 1250. The largest absolute Gasteiger partial charge is 0.507 e. The molecule has 5 rings (SSSR count). The SMILES string of the molecule is CN(c1cnc(-c2cc(F)c(-c3ccn(C)c(=O)c3)cc2O)cn1)C1CC2CCC(N2)C1F. The molecule has 2 bridgehead atoms. The van der Waals surface area contributed by atoms with Crippen LogP contribution in [0.3, 0.4) is 0 Å². The molecule has 2 saturated heterocycles. The van der Waals surface area contributed by atoms with Crippen molar-refractivity contribution in [1.29, 1.82) is 0 Å². The van der Waals surface area contributed by atoms with Gasteiger partial charge in [-0.2, -0.15) is 0 Å². The number of aryl methyl sites for hydroxylation is 1. The predicted octanol–water partition coefficient (Wildman–Crippen LogP) is 3.02. The number of nitrogens with one attached hydrogen (secondary N) is 1. The van der Waals surface area contributed by atoms with Gasteiger partial charge >= 0.3 is 0 Å². The minimum Gasteiger partial charge on any atom is -0.507 e. The van der Waals surface area contributed by atoms with Crippen LogP contribution in [0.2, 0.25) is 0 Å². The lowest BCUT2D eigenvalue weighted by molar-refractivity contribution is 0.176. The molecule has 0 amide bonds. The maximum Gasteiger partial charge on any atom is 0.250 e. The van der Waals surface area contributed by atoms with Crippen molar-refractivity contribution in [2.75, 3.05) is 11.9 Å². The van der Waals surface area contributed by atoms with Gasteiger partial charge in [-0.1, -0.05) is 0 Å². The van der Waals surface area contributed by atoms with Crippen LogP contribution in [-0.2, 0) is 7.05 Å². The molecule has 0 aliphatic carbocycles. The molecule has 0 radical (unpaired) electrons. The van der Waals surface area contributed by atoms with Gasteiger partial charge in [0.2, 0.25) is 0 Å². The van der Waals surface area contributed by atoms with Crippen LogP contribution in [-0.4, -0.2) is 51.0 Å². The van der Waals surface area contributed by atoms with Gasteiger partial charge in [0, 0.05) is 49.6 Å². The number of anilines is 1. The average molecular weight is 453 g/mol. The van der Waals surface area contributed by atoms with E-state index in [4.69, 9.17) is 0 Å². The smallest absolute Gasteiger partial charge is 0.250 e. The van der Waals surface area contributed by atoms with E-state index in [1.807, 2.05) is 11.9 Å². The van der Waals surface area contributed by atoms with Crippen LogP contribution < -0.4 is 15.8 Å². The zero-order valence-corrected chi connectivity index (χ0v) is 18.4. The molecule has 172 valence electrons. The standard InChI is InChI=1S/C24H25F2N5O2/c1-30-6-5-13(7-23(30)33)15-10-21(32)16(9-17(15)25)19-11-28-22(12-27-19)31(2)20-8-14-3-4-18(29-14)24(20)26/h5-7,9-12,14,18,20,24,29,32H,3-4,8H2,1-2H3. The third-order valence-corrected chi connectivity index (χ3v) is 6.83. The molecule has 3 aromatic rings. The first kappa shape index (κ1) is 21.5. The third kappa shape index (κ3) is 3.86. The summed E-state index contributed by atoms with van der Waals surface area (Å²) in [4.78, 5) is 22.5. The van der Waals surface area contributed by atoms with Crippen molar-refractivity contribution in [2.24, 2.45) is 7.05 Å². The molecule has 2 aromatic heterocycles. The number of piperidine rings is 1. The fourth-order valence-electron chi connectivity index (χ4n) is 4.87. The molecule has 0 spiro atoms. The molecule has 4 unspecified atom stereocenters. The number of benzene rings is 1. The van der Waals surface area contributed by atoms with E-state index in [9.17, 15) is 18.7 Å². The number of phenols is 1. The minimum absolute atomic E-state index is 0.118. The maximum atomic E-state index is 14.9. The lowest BCUT2D eigenvalue weighted by Crippen LogP contribution is -2.55. The Morgan fingerprint density at radius 2 is 2.00 bits per heavy atom. The van der Waals surface area contributed by atoms with Crippen molar-refractivity contribution in [3.63, 3.8) is 0 Å². The van der Waals surface area contributed by atoms with Gasteiger partial charge < -0.3 is 19.9 Å². The first-order valence-electron chi connectivity index (χ1n) is 11.0. The van der Waals surface area contributed by atoms with Crippen LogP contribution in [0, 0.1) is 5.82 Å². The number of rotatable bonds is 4. The topological polar surface area (TPSA) is 83.3 Å². The van der Waals surface area contributed by atoms with Gasteiger partial charge in [-0.3, -0.25) is 9.78 Å². The molecule has 33 heavy (non-hydrogen) atoms. The Hall–Kier alpha value is -3.33. The fourth-order valence-corrected chi connectivity index (χ4v) is 4.87. The van der Waals surface area contributed by atoms with Crippen LogP contribution in [0.25, 0.3) is 22.4 Å². The van der Waals surface area contributed by atoms with E-state index in [0.717, 1.165) is 12.8 Å². The highest BCUT2D eigenvalue weighted by Crippen LogP contribution is 2.36. The van der Waals surface area contributed by atoms with E-state index in [0.29, 0.717) is 29.5 Å². The molecule has 2 aliphatic heterocycles. The highest BCUT2D eigenvalue weighted by atomic mass is 19.1. The number of halogens is 2. The molecule has 2 fully saturated rings. The molecule has 1 aromatic carbocycles. The Kier molecular flexibility index (Phi) is 5.36. The molecule has 4 atom stereocenters. The number of hydrogen-bond donors (Lipinski definition) is 2. The van der Waals surface area contributed by atoms with E-state index >= 15 is 0 Å². The maximum absolute atomic E-state index is 14.9.